The van der Waals surface area contributed by atoms with Gasteiger partial charge >= 0.3 is 5.97 Å². The van der Waals surface area contributed by atoms with Crippen molar-refractivity contribution in [1.29, 1.82) is 0 Å². The minimum atomic E-state index is -1.12. The highest BCUT2D eigenvalue weighted by Gasteiger charge is 2.19. The lowest BCUT2D eigenvalue weighted by atomic mass is 9.95. The summed E-state index contributed by atoms with van der Waals surface area (Å²) in [6.45, 7) is 5.84. The number of carboxylic acids is 1. The molecule has 0 aliphatic heterocycles. The molecule has 6 heteroatoms. The Morgan fingerprint density at radius 2 is 1.56 bits per heavy atom. The van der Waals surface area contributed by atoms with E-state index >= 15 is 0 Å². The molecule has 1 atom stereocenters. The third-order valence-corrected chi connectivity index (χ3v) is 3.76. The first-order valence-electron chi connectivity index (χ1n) is 8.40. The minimum Gasteiger partial charge on any atom is -0.479 e. The highest BCUT2D eigenvalue weighted by molar-refractivity contribution is 6.30. The summed E-state index contributed by atoms with van der Waals surface area (Å²) in [5.74, 6) is -0.420. The molecule has 0 spiro atoms. The maximum atomic E-state index is 12.3. The van der Waals surface area contributed by atoms with Crippen LogP contribution in [0.1, 0.15) is 31.1 Å². The molecule has 0 saturated carbocycles. The molecular formula is C21H22ClNO4. The van der Waals surface area contributed by atoms with Gasteiger partial charge in [-0.3, -0.25) is 4.79 Å². The van der Waals surface area contributed by atoms with Gasteiger partial charge in [0.25, 0.3) is 5.91 Å². The number of hydrogen-bond donors (Lipinski definition) is 2. The Hall–Kier alpha value is -2.79. The first kappa shape index (κ1) is 20.5. The van der Waals surface area contributed by atoms with E-state index < -0.39 is 17.9 Å². The Morgan fingerprint density at radius 3 is 2.04 bits per heavy atom. The fourth-order valence-electron chi connectivity index (χ4n) is 2.11. The lowest BCUT2D eigenvalue weighted by molar-refractivity contribution is -0.137. The van der Waals surface area contributed by atoms with E-state index in [0.717, 1.165) is 0 Å². The van der Waals surface area contributed by atoms with Gasteiger partial charge in [-0.2, -0.15) is 0 Å². The molecule has 0 aliphatic carbocycles. The first-order valence-corrected chi connectivity index (χ1v) is 8.78. The number of allylic oxidation sites excluding steroid dienone is 1. The van der Waals surface area contributed by atoms with Gasteiger partial charge in [0.05, 0.1) is 0 Å². The zero-order valence-electron chi connectivity index (χ0n) is 15.4. The van der Waals surface area contributed by atoms with Crippen LogP contribution in [0, 0.1) is 5.41 Å². The molecule has 0 radical (unpaired) electrons. The van der Waals surface area contributed by atoms with Crippen molar-refractivity contribution in [2.45, 2.75) is 26.8 Å². The summed E-state index contributed by atoms with van der Waals surface area (Å²) < 4.78 is 5.67. The van der Waals surface area contributed by atoms with Crippen molar-refractivity contribution >= 4 is 23.5 Å². The fraction of sp³-hybridized carbons (Fsp3) is 0.238. The monoisotopic (exact) mass is 387 g/mol. The third-order valence-electron chi connectivity index (χ3n) is 3.51. The molecule has 5 nitrogen and oxygen atoms in total. The van der Waals surface area contributed by atoms with Crippen molar-refractivity contribution in [1.82, 2.24) is 5.32 Å². The molecule has 0 bridgehead atoms. The summed E-state index contributed by atoms with van der Waals surface area (Å²) in [5.41, 5.74) is 0.160. The molecule has 2 aromatic carbocycles. The molecule has 1 amide bonds. The van der Waals surface area contributed by atoms with E-state index in [1.54, 1.807) is 54.6 Å². The van der Waals surface area contributed by atoms with Gasteiger partial charge in [-0.1, -0.05) is 44.5 Å². The van der Waals surface area contributed by atoms with Gasteiger partial charge in [0.1, 0.15) is 17.5 Å². The molecule has 142 valence electrons. The van der Waals surface area contributed by atoms with E-state index in [4.69, 9.17) is 16.3 Å². The number of ether oxygens (including phenoxy) is 1. The second kappa shape index (κ2) is 8.73. The van der Waals surface area contributed by atoms with E-state index in [0.29, 0.717) is 22.1 Å². The van der Waals surface area contributed by atoms with Crippen molar-refractivity contribution in [2.24, 2.45) is 5.41 Å². The van der Waals surface area contributed by atoms with Crippen molar-refractivity contribution in [3.05, 3.63) is 71.3 Å². The number of carbonyl (C=O) groups excluding carboxylic acids is 1. The summed E-state index contributed by atoms with van der Waals surface area (Å²) in [5, 5.41) is 12.4. The number of amides is 1. The predicted molar refractivity (Wildman–Crippen MR) is 105 cm³/mol. The van der Waals surface area contributed by atoms with Gasteiger partial charge in [-0.25, -0.2) is 4.79 Å². The molecule has 0 saturated heterocycles. The largest absolute Gasteiger partial charge is 0.479 e. The minimum absolute atomic E-state index is 0.181. The Kier molecular flexibility index (Phi) is 6.64. The Balaban J connectivity index is 2.04. The topological polar surface area (TPSA) is 75.6 Å². The van der Waals surface area contributed by atoms with Crippen LogP contribution in [0.3, 0.4) is 0 Å². The van der Waals surface area contributed by atoms with Crippen LogP contribution in [0.4, 0.5) is 0 Å². The number of aliphatic carboxylic acids is 1. The fourth-order valence-corrected chi connectivity index (χ4v) is 2.24. The van der Waals surface area contributed by atoms with Crippen molar-refractivity contribution < 1.29 is 19.4 Å². The van der Waals surface area contributed by atoms with Gasteiger partial charge in [0.2, 0.25) is 0 Å². The third kappa shape index (κ3) is 6.79. The van der Waals surface area contributed by atoms with Crippen LogP contribution >= 0.6 is 11.6 Å². The highest BCUT2D eigenvalue weighted by Crippen LogP contribution is 2.23. The summed E-state index contributed by atoms with van der Waals surface area (Å²) >= 11 is 5.83. The van der Waals surface area contributed by atoms with Crippen LogP contribution in [-0.4, -0.2) is 23.0 Å². The maximum absolute atomic E-state index is 12.3. The quantitative estimate of drug-likeness (QED) is 0.690. The molecule has 0 heterocycles. The Labute approximate surface area is 163 Å². The molecule has 27 heavy (non-hydrogen) atoms. The smallest absolute Gasteiger partial charge is 0.330 e. The van der Waals surface area contributed by atoms with E-state index in [-0.39, 0.29) is 5.41 Å². The molecule has 2 N–H and O–H groups in total. The van der Waals surface area contributed by atoms with E-state index in [2.05, 4.69) is 5.32 Å². The number of nitrogens with one attached hydrogen (secondary N) is 1. The number of rotatable bonds is 6. The normalized spacial score (nSPS) is 12.6. The zero-order chi connectivity index (χ0) is 20.0. The van der Waals surface area contributed by atoms with Crippen LogP contribution in [0.2, 0.25) is 5.02 Å². The second-order valence-electron chi connectivity index (χ2n) is 7.09. The molecule has 0 fully saturated rings. The van der Waals surface area contributed by atoms with Crippen LogP contribution in [0.25, 0.3) is 0 Å². The van der Waals surface area contributed by atoms with Crippen LogP contribution in [0.15, 0.2) is 60.7 Å². The van der Waals surface area contributed by atoms with Crippen LogP contribution < -0.4 is 10.1 Å². The highest BCUT2D eigenvalue weighted by atomic mass is 35.5. The van der Waals surface area contributed by atoms with E-state index in [1.165, 1.54) is 6.08 Å². The SMILES string of the molecule is CC(C)(C)C=CC(NC(=O)c1ccc(Oc2ccc(Cl)cc2)cc1)C(=O)O. The molecule has 0 aromatic heterocycles. The van der Waals surface area contributed by atoms with Crippen molar-refractivity contribution in [3.63, 3.8) is 0 Å². The maximum Gasteiger partial charge on any atom is 0.330 e. The zero-order valence-corrected chi connectivity index (χ0v) is 16.2. The van der Waals surface area contributed by atoms with Gasteiger partial charge in [-0.15, -0.1) is 0 Å². The number of halogens is 1. The van der Waals surface area contributed by atoms with Gasteiger partial charge in [-0.05, 0) is 53.9 Å². The number of carbonyl (C=O) groups is 2. The summed E-state index contributed by atoms with van der Waals surface area (Å²) in [4.78, 5) is 23.7. The molecular weight excluding hydrogens is 366 g/mol. The van der Waals surface area contributed by atoms with Crippen molar-refractivity contribution in [3.8, 4) is 11.5 Å². The van der Waals surface area contributed by atoms with Gasteiger partial charge in [0.15, 0.2) is 0 Å². The average Bonchev–Trinajstić information content (AvgIpc) is 2.60. The summed E-state index contributed by atoms with van der Waals surface area (Å²) in [6, 6.07) is 12.3. The Bertz CT molecular complexity index is 821. The molecule has 2 rings (SSSR count). The standard InChI is InChI=1S/C21H22ClNO4/c1-21(2,3)13-12-18(20(25)26)23-19(24)14-4-8-16(9-5-14)27-17-10-6-15(22)7-11-17/h4-13,18H,1-3H3,(H,23,24)(H,25,26). The van der Waals surface area contributed by atoms with Crippen LogP contribution in [-0.2, 0) is 4.79 Å². The summed E-state index contributed by atoms with van der Waals surface area (Å²) in [6.07, 6.45) is 3.24. The van der Waals surface area contributed by atoms with Crippen LogP contribution in [0.5, 0.6) is 11.5 Å². The van der Waals surface area contributed by atoms with E-state index in [1.807, 2.05) is 20.8 Å². The average molecular weight is 388 g/mol. The molecule has 2 aromatic rings. The van der Waals surface area contributed by atoms with Gasteiger partial charge in [0, 0.05) is 10.6 Å². The number of benzene rings is 2. The lowest BCUT2D eigenvalue weighted by Gasteiger charge is -2.15. The summed E-state index contributed by atoms with van der Waals surface area (Å²) in [7, 11) is 0. The lowest BCUT2D eigenvalue weighted by Crippen LogP contribution is -2.39. The predicted octanol–water partition coefficient (Wildman–Crippen LogP) is 4.92. The van der Waals surface area contributed by atoms with Gasteiger partial charge < -0.3 is 15.2 Å². The Morgan fingerprint density at radius 1 is 1.04 bits per heavy atom. The number of hydrogen-bond acceptors (Lipinski definition) is 3. The second-order valence-corrected chi connectivity index (χ2v) is 7.53. The molecule has 0 aliphatic rings. The van der Waals surface area contributed by atoms with Crippen molar-refractivity contribution in [2.75, 3.05) is 0 Å². The molecule has 1 unspecified atom stereocenters. The number of carboxylic acid groups (broad SMARTS) is 1. The van der Waals surface area contributed by atoms with E-state index in [9.17, 15) is 14.7 Å². The first-order chi connectivity index (χ1) is 12.6.